The Morgan fingerprint density at radius 2 is 2.00 bits per heavy atom. The van der Waals surface area contributed by atoms with Crippen molar-refractivity contribution in [3.8, 4) is 0 Å². The van der Waals surface area contributed by atoms with Gasteiger partial charge < -0.3 is 16.1 Å². The molecule has 0 aliphatic carbocycles. The maximum Gasteiger partial charge on any atom is 0.223 e. The molecule has 0 aliphatic rings. The number of hydrazine groups is 1. The van der Waals surface area contributed by atoms with Crippen molar-refractivity contribution in [2.45, 2.75) is 13.0 Å². The highest BCUT2D eigenvalue weighted by Crippen LogP contribution is 2.26. The van der Waals surface area contributed by atoms with E-state index in [0.717, 1.165) is 0 Å². The molecule has 1 unspecified atom stereocenters. The molecule has 0 saturated heterocycles. The zero-order chi connectivity index (χ0) is 14.7. The molecule has 0 amide bonds. The number of halogens is 1. The summed E-state index contributed by atoms with van der Waals surface area (Å²) in [5.41, 5.74) is 8.62. The van der Waals surface area contributed by atoms with Crippen LogP contribution in [0.2, 0.25) is 0 Å². The highest BCUT2D eigenvalue weighted by molar-refractivity contribution is 5.52. The molecular formula is C13H17FN6. The number of nitrogens with two attached hydrogens (primary N) is 2. The second-order valence-electron chi connectivity index (χ2n) is 4.42. The lowest BCUT2D eigenvalue weighted by Gasteiger charge is -2.27. The van der Waals surface area contributed by atoms with Crippen LogP contribution in [0, 0.1) is 5.82 Å². The Morgan fingerprint density at radius 1 is 1.30 bits per heavy atom. The first-order chi connectivity index (χ1) is 9.52. The van der Waals surface area contributed by atoms with Gasteiger partial charge in [-0.15, -0.1) is 0 Å². The fourth-order valence-electron chi connectivity index (χ4n) is 1.93. The molecule has 1 aromatic carbocycles. The second-order valence-corrected chi connectivity index (χ2v) is 4.42. The summed E-state index contributed by atoms with van der Waals surface area (Å²) in [4.78, 5) is 9.85. The van der Waals surface area contributed by atoms with Gasteiger partial charge in [0.15, 0.2) is 0 Å². The summed E-state index contributed by atoms with van der Waals surface area (Å²) >= 11 is 0. The van der Waals surface area contributed by atoms with Crippen molar-refractivity contribution < 1.29 is 4.39 Å². The molecule has 7 heteroatoms. The summed E-state index contributed by atoms with van der Waals surface area (Å²) in [6, 6.07) is 8.06. The predicted octanol–water partition coefficient (Wildman–Crippen LogP) is 1.68. The van der Waals surface area contributed by atoms with Gasteiger partial charge in [-0.2, -0.15) is 9.97 Å². The number of benzene rings is 1. The zero-order valence-electron chi connectivity index (χ0n) is 11.3. The third kappa shape index (κ3) is 2.77. The molecule has 0 aliphatic heterocycles. The molecule has 5 N–H and O–H groups in total. The average Bonchev–Trinajstić information content (AvgIpc) is 2.45. The molecule has 0 fully saturated rings. The lowest BCUT2D eigenvalue weighted by Crippen LogP contribution is -2.24. The normalized spacial score (nSPS) is 12.0. The maximum atomic E-state index is 13.8. The third-order valence-electron chi connectivity index (χ3n) is 3.18. The van der Waals surface area contributed by atoms with E-state index in [1.165, 1.54) is 6.07 Å². The number of nitrogens with zero attached hydrogens (tertiary/aromatic N) is 3. The molecule has 0 spiro atoms. The summed E-state index contributed by atoms with van der Waals surface area (Å²) in [5, 5.41) is 0. The van der Waals surface area contributed by atoms with Gasteiger partial charge in [0, 0.05) is 18.7 Å². The first kappa shape index (κ1) is 14.0. The van der Waals surface area contributed by atoms with Gasteiger partial charge in [0.05, 0.1) is 6.04 Å². The Bertz CT molecular complexity index is 603. The maximum absolute atomic E-state index is 13.8. The Kier molecular flexibility index (Phi) is 3.99. The molecule has 1 atom stereocenters. The van der Waals surface area contributed by atoms with Crippen LogP contribution in [0.5, 0.6) is 0 Å². The Morgan fingerprint density at radius 3 is 2.65 bits per heavy atom. The predicted molar refractivity (Wildman–Crippen MR) is 77.5 cm³/mol. The Hall–Kier alpha value is -2.41. The molecule has 0 bridgehead atoms. The highest BCUT2D eigenvalue weighted by atomic mass is 19.1. The van der Waals surface area contributed by atoms with Crippen LogP contribution in [0.25, 0.3) is 0 Å². The van der Waals surface area contributed by atoms with Gasteiger partial charge in [-0.3, -0.25) is 0 Å². The van der Waals surface area contributed by atoms with E-state index < -0.39 is 0 Å². The van der Waals surface area contributed by atoms with E-state index in [9.17, 15) is 4.39 Å². The number of rotatable bonds is 4. The minimum atomic E-state index is -0.258. The van der Waals surface area contributed by atoms with Crippen LogP contribution in [0.15, 0.2) is 30.3 Å². The summed E-state index contributed by atoms with van der Waals surface area (Å²) in [5.74, 6) is 6.13. The molecular weight excluding hydrogens is 259 g/mol. The zero-order valence-corrected chi connectivity index (χ0v) is 11.3. The van der Waals surface area contributed by atoms with Crippen LogP contribution in [0.4, 0.5) is 22.0 Å². The number of aromatic nitrogens is 2. The van der Waals surface area contributed by atoms with Crippen LogP contribution in [0.1, 0.15) is 18.5 Å². The number of nitrogens with one attached hydrogen (secondary N) is 1. The third-order valence-corrected chi connectivity index (χ3v) is 3.18. The molecule has 0 radical (unpaired) electrons. The standard InChI is InChI=1S/C13H17FN6/c1-8(9-5-3-4-6-10(9)14)20(2)12-7-11(19-16)17-13(15)18-12/h3-8H,16H2,1-2H3,(H3,15,17,18,19). The van der Waals surface area contributed by atoms with E-state index in [4.69, 9.17) is 11.6 Å². The van der Waals surface area contributed by atoms with Gasteiger partial charge in [0.1, 0.15) is 17.5 Å². The van der Waals surface area contributed by atoms with Crippen molar-refractivity contribution in [1.82, 2.24) is 9.97 Å². The highest BCUT2D eigenvalue weighted by Gasteiger charge is 2.17. The van der Waals surface area contributed by atoms with Gasteiger partial charge in [0.25, 0.3) is 0 Å². The topological polar surface area (TPSA) is 93.1 Å². The van der Waals surface area contributed by atoms with Crippen molar-refractivity contribution in [1.29, 1.82) is 0 Å². The van der Waals surface area contributed by atoms with Gasteiger partial charge in [0.2, 0.25) is 5.95 Å². The Labute approximate surface area is 116 Å². The van der Waals surface area contributed by atoms with Gasteiger partial charge >= 0.3 is 0 Å². The number of anilines is 3. The molecule has 0 saturated carbocycles. The summed E-state index contributed by atoms with van der Waals surface area (Å²) in [6.07, 6.45) is 0. The minimum Gasteiger partial charge on any atom is -0.368 e. The summed E-state index contributed by atoms with van der Waals surface area (Å²) in [7, 11) is 1.80. The molecule has 106 valence electrons. The monoisotopic (exact) mass is 276 g/mol. The fourth-order valence-corrected chi connectivity index (χ4v) is 1.93. The van der Waals surface area contributed by atoms with Gasteiger partial charge in [-0.05, 0) is 13.0 Å². The Balaban J connectivity index is 2.33. The first-order valence-corrected chi connectivity index (χ1v) is 6.11. The molecule has 2 aromatic rings. The summed E-state index contributed by atoms with van der Waals surface area (Å²) in [6.45, 7) is 1.88. The molecule has 6 nitrogen and oxygen atoms in total. The van der Waals surface area contributed by atoms with E-state index in [0.29, 0.717) is 17.2 Å². The molecule has 2 rings (SSSR count). The smallest absolute Gasteiger partial charge is 0.223 e. The van der Waals surface area contributed by atoms with Crippen molar-refractivity contribution in [2.24, 2.45) is 5.84 Å². The van der Waals surface area contributed by atoms with E-state index in [2.05, 4.69) is 15.4 Å². The lowest BCUT2D eigenvalue weighted by molar-refractivity contribution is 0.584. The van der Waals surface area contributed by atoms with Crippen LogP contribution in [0.3, 0.4) is 0 Å². The molecule has 1 heterocycles. The lowest BCUT2D eigenvalue weighted by atomic mass is 10.1. The average molecular weight is 276 g/mol. The van der Waals surface area contributed by atoms with Crippen molar-refractivity contribution in [2.75, 3.05) is 23.1 Å². The molecule has 20 heavy (non-hydrogen) atoms. The fraction of sp³-hybridized carbons (Fsp3) is 0.231. The summed E-state index contributed by atoms with van der Waals surface area (Å²) < 4.78 is 13.8. The van der Waals surface area contributed by atoms with Gasteiger partial charge in [-0.25, -0.2) is 10.2 Å². The quantitative estimate of drug-likeness (QED) is 0.581. The van der Waals surface area contributed by atoms with E-state index in [-0.39, 0.29) is 17.8 Å². The number of hydrogen-bond acceptors (Lipinski definition) is 6. The first-order valence-electron chi connectivity index (χ1n) is 6.11. The van der Waals surface area contributed by atoms with Crippen molar-refractivity contribution in [3.05, 3.63) is 41.7 Å². The second kappa shape index (κ2) is 5.70. The van der Waals surface area contributed by atoms with Crippen LogP contribution in [-0.2, 0) is 0 Å². The number of hydrogen-bond donors (Lipinski definition) is 3. The SMILES string of the molecule is CC(c1ccccc1F)N(C)c1cc(NN)nc(N)n1. The number of nitrogen functional groups attached to an aromatic ring is 2. The van der Waals surface area contributed by atoms with E-state index in [1.54, 1.807) is 36.2 Å². The molecule has 1 aromatic heterocycles. The van der Waals surface area contributed by atoms with Crippen LogP contribution in [-0.4, -0.2) is 17.0 Å². The van der Waals surface area contributed by atoms with E-state index >= 15 is 0 Å². The van der Waals surface area contributed by atoms with Gasteiger partial charge in [-0.1, -0.05) is 18.2 Å². The van der Waals surface area contributed by atoms with Crippen molar-refractivity contribution >= 4 is 17.6 Å². The van der Waals surface area contributed by atoms with E-state index in [1.807, 2.05) is 6.92 Å². The minimum absolute atomic E-state index is 0.100. The van der Waals surface area contributed by atoms with Crippen LogP contribution < -0.4 is 21.9 Å². The van der Waals surface area contributed by atoms with Crippen molar-refractivity contribution in [3.63, 3.8) is 0 Å². The van der Waals surface area contributed by atoms with Crippen LogP contribution >= 0.6 is 0 Å². The largest absolute Gasteiger partial charge is 0.368 e.